The van der Waals surface area contributed by atoms with E-state index in [1.807, 2.05) is 12.1 Å². The molecule has 1 aromatic heterocycles. The van der Waals surface area contributed by atoms with Gasteiger partial charge >= 0.3 is 0 Å². The summed E-state index contributed by atoms with van der Waals surface area (Å²) in [5.41, 5.74) is 0.728. The van der Waals surface area contributed by atoms with Gasteiger partial charge in [-0.15, -0.1) is 0 Å². The number of hydrogen-bond acceptors (Lipinski definition) is 3. The van der Waals surface area contributed by atoms with Gasteiger partial charge in [-0.25, -0.2) is 0 Å². The van der Waals surface area contributed by atoms with E-state index in [9.17, 15) is 4.79 Å². The first kappa shape index (κ1) is 15.4. The van der Waals surface area contributed by atoms with Crippen molar-refractivity contribution < 1.29 is 4.79 Å². The Morgan fingerprint density at radius 1 is 1.14 bits per heavy atom. The van der Waals surface area contributed by atoms with Crippen LogP contribution >= 0.6 is 0 Å². The number of rotatable bonds is 4. The van der Waals surface area contributed by atoms with Crippen LogP contribution in [0.1, 0.15) is 69.9 Å². The lowest BCUT2D eigenvalue weighted by atomic mass is 9.61. The fraction of sp³-hybridized carbons (Fsp3) is 0.722. The van der Waals surface area contributed by atoms with Crippen LogP contribution in [0.15, 0.2) is 18.3 Å². The van der Waals surface area contributed by atoms with E-state index in [2.05, 4.69) is 15.5 Å². The second kappa shape index (κ2) is 7.21. The van der Waals surface area contributed by atoms with Crippen molar-refractivity contribution in [2.75, 3.05) is 0 Å². The Hall–Kier alpha value is -1.45. The fourth-order valence-electron chi connectivity index (χ4n) is 4.43. The molecule has 22 heavy (non-hydrogen) atoms. The van der Waals surface area contributed by atoms with Crippen LogP contribution in [0.3, 0.4) is 0 Å². The zero-order chi connectivity index (χ0) is 15.3. The molecule has 2 aliphatic rings. The van der Waals surface area contributed by atoms with E-state index in [-0.39, 0.29) is 11.3 Å². The summed E-state index contributed by atoms with van der Waals surface area (Å²) in [4.78, 5) is 13.0. The smallest absolute Gasteiger partial charge is 0.226 e. The molecule has 1 N–H and O–H groups in total. The highest BCUT2D eigenvalue weighted by atomic mass is 16.2. The molecule has 4 nitrogen and oxygen atoms in total. The average Bonchev–Trinajstić information content (AvgIpc) is 2.62. The monoisotopic (exact) mass is 301 g/mol. The third kappa shape index (κ3) is 3.31. The maximum absolute atomic E-state index is 13.0. The summed E-state index contributed by atoms with van der Waals surface area (Å²) in [5, 5.41) is 11.1. The Balaban J connectivity index is 1.69. The summed E-state index contributed by atoms with van der Waals surface area (Å²) in [5.74, 6) is 0.855. The van der Waals surface area contributed by atoms with Crippen LogP contribution in [-0.4, -0.2) is 16.1 Å². The molecule has 1 aromatic rings. The first-order valence-electron chi connectivity index (χ1n) is 8.86. The Labute approximate surface area is 133 Å². The van der Waals surface area contributed by atoms with Crippen molar-refractivity contribution in [2.24, 2.45) is 11.3 Å². The van der Waals surface area contributed by atoms with Crippen molar-refractivity contribution in [1.29, 1.82) is 0 Å². The van der Waals surface area contributed by atoms with Gasteiger partial charge in [0, 0.05) is 6.20 Å². The lowest BCUT2D eigenvalue weighted by Gasteiger charge is -2.44. The molecule has 1 heterocycles. The van der Waals surface area contributed by atoms with E-state index in [0.29, 0.717) is 12.5 Å². The Morgan fingerprint density at radius 3 is 2.55 bits per heavy atom. The van der Waals surface area contributed by atoms with Gasteiger partial charge in [0.05, 0.1) is 17.7 Å². The van der Waals surface area contributed by atoms with E-state index in [1.54, 1.807) is 6.20 Å². The summed E-state index contributed by atoms with van der Waals surface area (Å²) in [7, 11) is 0. The summed E-state index contributed by atoms with van der Waals surface area (Å²) < 4.78 is 0. The molecule has 1 amide bonds. The lowest BCUT2D eigenvalue weighted by Crippen LogP contribution is -2.47. The minimum atomic E-state index is -0.110. The molecule has 0 spiro atoms. The van der Waals surface area contributed by atoms with E-state index in [1.165, 1.54) is 51.4 Å². The Bertz CT molecular complexity index is 476. The molecule has 0 aliphatic heterocycles. The van der Waals surface area contributed by atoms with Crippen molar-refractivity contribution in [3.63, 3.8) is 0 Å². The Kier molecular flexibility index (Phi) is 5.06. The molecule has 0 atom stereocenters. The molecule has 0 unspecified atom stereocenters. The van der Waals surface area contributed by atoms with Crippen molar-refractivity contribution in [3.05, 3.63) is 24.0 Å². The van der Waals surface area contributed by atoms with Crippen LogP contribution < -0.4 is 5.32 Å². The number of amides is 1. The summed E-state index contributed by atoms with van der Waals surface area (Å²) in [6, 6.07) is 3.79. The highest BCUT2D eigenvalue weighted by Gasteiger charge is 2.45. The quantitative estimate of drug-likeness (QED) is 0.924. The number of nitrogens with zero attached hydrogens (tertiary/aromatic N) is 2. The van der Waals surface area contributed by atoms with E-state index >= 15 is 0 Å². The van der Waals surface area contributed by atoms with Crippen molar-refractivity contribution in [3.8, 4) is 0 Å². The molecule has 0 radical (unpaired) electrons. The van der Waals surface area contributed by atoms with Gasteiger partial charge in [-0.2, -0.15) is 10.2 Å². The maximum Gasteiger partial charge on any atom is 0.226 e. The standard InChI is InChI=1S/C18H27N3O/c22-17(19-14-16-10-7-13-20-21-16)18(11-5-2-6-12-18)15-8-3-1-4-9-15/h7,10,13,15H,1-6,8-9,11-12,14H2,(H,19,22). The van der Waals surface area contributed by atoms with Gasteiger partial charge in [-0.1, -0.05) is 38.5 Å². The molecular weight excluding hydrogens is 274 g/mol. The van der Waals surface area contributed by atoms with Gasteiger partial charge in [0.2, 0.25) is 5.91 Å². The van der Waals surface area contributed by atoms with Crippen molar-refractivity contribution >= 4 is 5.91 Å². The van der Waals surface area contributed by atoms with Crippen LogP contribution in [0, 0.1) is 11.3 Å². The first-order chi connectivity index (χ1) is 10.8. The second-order valence-corrected chi connectivity index (χ2v) is 6.95. The highest BCUT2D eigenvalue weighted by molar-refractivity contribution is 5.83. The molecule has 0 saturated heterocycles. The van der Waals surface area contributed by atoms with Crippen LogP contribution in [0.2, 0.25) is 0 Å². The van der Waals surface area contributed by atoms with Crippen molar-refractivity contribution in [2.45, 2.75) is 70.8 Å². The van der Waals surface area contributed by atoms with Gasteiger partial charge in [0.25, 0.3) is 0 Å². The highest BCUT2D eigenvalue weighted by Crippen LogP contribution is 2.48. The molecule has 0 aromatic carbocycles. The van der Waals surface area contributed by atoms with Crippen molar-refractivity contribution in [1.82, 2.24) is 15.5 Å². The van der Waals surface area contributed by atoms with Gasteiger partial charge in [0.1, 0.15) is 0 Å². The second-order valence-electron chi connectivity index (χ2n) is 6.95. The molecule has 120 valence electrons. The minimum absolute atomic E-state index is 0.110. The number of hydrogen-bond donors (Lipinski definition) is 1. The van der Waals surface area contributed by atoms with Crippen LogP contribution in [-0.2, 0) is 11.3 Å². The zero-order valence-corrected chi connectivity index (χ0v) is 13.4. The summed E-state index contributed by atoms with van der Waals surface area (Å²) in [6.07, 6.45) is 13.9. The van der Waals surface area contributed by atoms with Crippen LogP contribution in [0.4, 0.5) is 0 Å². The molecule has 2 saturated carbocycles. The van der Waals surface area contributed by atoms with Gasteiger partial charge < -0.3 is 5.32 Å². The summed E-state index contributed by atoms with van der Waals surface area (Å²) >= 11 is 0. The third-order valence-electron chi connectivity index (χ3n) is 5.64. The average molecular weight is 301 g/mol. The molecule has 0 bridgehead atoms. The molecule has 4 heteroatoms. The number of carbonyl (C=O) groups excluding carboxylic acids is 1. The maximum atomic E-state index is 13.0. The third-order valence-corrected chi connectivity index (χ3v) is 5.64. The SMILES string of the molecule is O=C(NCc1cccnn1)C1(C2CCCCC2)CCCCC1. The number of carbonyl (C=O) groups is 1. The molecule has 3 rings (SSSR count). The fourth-order valence-corrected chi connectivity index (χ4v) is 4.43. The molecule has 2 aliphatic carbocycles. The number of aromatic nitrogens is 2. The van der Waals surface area contributed by atoms with Crippen LogP contribution in [0.5, 0.6) is 0 Å². The Morgan fingerprint density at radius 2 is 1.86 bits per heavy atom. The topological polar surface area (TPSA) is 54.9 Å². The van der Waals surface area contributed by atoms with E-state index in [0.717, 1.165) is 18.5 Å². The summed E-state index contributed by atoms with van der Waals surface area (Å²) in [6.45, 7) is 0.501. The van der Waals surface area contributed by atoms with Crippen LogP contribution in [0.25, 0.3) is 0 Å². The number of nitrogens with one attached hydrogen (secondary N) is 1. The lowest BCUT2D eigenvalue weighted by molar-refractivity contribution is -0.138. The predicted octanol–water partition coefficient (Wildman–Crippen LogP) is 3.62. The first-order valence-corrected chi connectivity index (χ1v) is 8.86. The molecular formula is C18H27N3O. The van der Waals surface area contributed by atoms with E-state index in [4.69, 9.17) is 0 Å². The van der Waals surface area contributed by atoms with Gasteiger partial charge in [-0.3, -0.25) is 4.79 Å². The predicted molar refractivity (Wildman–Crippen MR) is 86.0 cm³/mol. The molecule has 2 fully saturated rings. The normalized spacial score (nSPS) is 22.2. The van der Waals surface area contributed by atoms with E-state index < -0.39 is 0 Å². The largest absolute Gasteiger partial charge is 0.350 e. The van der Waals surface area contributed by atoms with Gasteiger partial charge in [0.15, 0.2) is 0 Å². The van der Waals surface area contributed by atoms with Gasteiger partial charge in [-0.05, 0) is 43.7 Å². The zero-order valence-electron chi connectivity index (χ0n) is 13.4. The minimum Gasteiger partial charge on any atom is -0.350 e.